The molecule has 16 heavy (non-hydrogen) atoms. The molecule has 0 amide bonds. The maximum atomic E-state index is 6.08. The van der Waals surface area contributed by atoms with Gasteiger partial charge in [-0.1, -0.05) is 17.7 Å². The van der Waals surface area contributed by atoms with Crippen LogP contribution in [0.4, 0.5) is 0 Å². The Morgan fingerprint density at radius 1 is 1.19 bits per heavy atom. The monoisotopic (exact) mass is 246 g/mol. The van der Waals surface area contributed by atoms with Crippen LogP contribution >= 0.6 is 22.9 Å². The van der Waals surface area contributed by atoms with Crippen LogP contribution < -0.4 is 0 Å². The minimum Gasteiger partial charge on any atom is -0.262 e. The van der Waals surface area contributed by atoms with Crippen LogP contribution in [0.2, 0.25) is 5.02 Å². The molecule has 0 saturated carbocycles. The third kappa shape index (κ3) is 1.58. The molecule has 0 aromatic carbocycles. The number of thiophene rings is 1. The zero-order valence-corrected chi connectivity index (χ0v) is 9.79. The van der Waals surface area contributed by atoms with E-state index in [0.717, 1.165) is 20.7 Å². The van der Waals surface area contributed by atoms with E-state index >= 15 is 0 Å². The van der Waals surface area contributed by atoms with Crippen molar-refractivity contribution in [2.75, 3.05) is 0 Å². The van der Waals surface area contributed by atoms with E-state index in [0.29, 0.717) is 5.02 Å². The lowest BCUT2D eigenvalue weighted by Gasteiger charge is -1.92. The molecule has 3 heterocycles. The average Bonchev–Trinajstić information content (AvgIpc) is 2.76. The quantitative estimate of drug-likeness (QED) is 0.648. The van der Waals surface area contributed by atoms with Gasteiger partial charge in [-0.3, -0.25) is 9.97 Å². The normalized spacial score (nSPS) is 10.8. The van der Waals surface area contributed by atoms with Crippen molar-refractivity contribution in [3.8, 4) is 10.6 Å². The van der Waals surface area contributed by atoms with Crippen molar-refractivity contribution in [2.24, 2.45) is 0 Å². The van der Waals surface area contributed by atoms with E-state index in [1.54, 1.807) is 23.7 Å². The Kier molecular flexibility index (Phi) is 2.35. The van der Waals surface area contributed by atoms with Crippen LogP contribution in [0.25, 0.3) is 20.7 Å². The molecular formula is C12H7ClN2S. The highest BCUT2D eigenvalue weighted by molar-refractivity contribution is 7.22. The molecule has 0 atom stereocenters. The number of halogens is 1. The second-order valence-electron chi connectivity index (χ2n) is 3.36. The summed E-state index contributed by atoms with van der Waals surface area (Å²) in [5.74, 6) is 0. The van der Waals surface area contributed by atoms with E-state index in [2.05, 4.69) is 16.0 Å². The number of aromatic nitrogens is 2. The molecule has 78 valence electrons. The van der Waals surface area contributed by atoms with Gasteiger partial charge in [-0.2, -0.15) is 0 Å². The van der Waals surface area contributed by atoms with Crippen LogP contribution in [0.5, 0.6) is 0 Å². The third-order valence-electron chi connectivity index (χ3n) is 2.32. The molecule has 4 heteroatoms. The first-order valence-corrected chi connectivity index (χ1v) is 5.98. The molecular weight excluding hydrogens is 240 g/mol. The molecule has 0 aliphatic carbocycles. The topological polar surface area (TPSA) is 25.8 Å². The molecule has 0 unspecified atom stereocenters. The Bertz CT molecular complexity index is 634. The highest BCUT2D eigenvalue weighted by atomic mass is 35.5. The van der Waals surface area contributed by atoms with Crippen LogP contribution in [0, 0.1) is 0 Å². The minimum atomic E-state index is 0.691. The van der Waals surface area contributed by atoms with E-state index < -0.39 is 0 Å². The fourth-order valence-electron chi connectivity index (χ4n) is 1.56. The second kappa shape index (κ2) is 3.85. The minimum absolute atomic E-state index is 0.691. The van der Waals surface area contributed by atoms with E-state index in [1.165, 1.54) is 0 Å². The van der Waals surface area contributed by atoms with Crippen molar-refractivity contribution in [1.82, 2.24) is 9.97 Å². The van der Waals surface area contributed by atoms with Crippen LogP contribution in [0.3, 0.4) is 0 Å². The predicted octanol–water partition coefficient (Wildman–Crippen LogP) is 4.01. The maximum Gasteiger partial charge on any atom is 0.0802 e. The molecule has 0 N–H and O–H groups in total. The van der Waals surface area contributed by atoms with Gasteiger partial charge in [0.25, 0.3) is 0 Å². The van der Waals surface area contributed by atoms with Crippen molar-refractivity contribution >= 4 is 33.0 Å². The zero-order valence-electron chi connectivity index (χ0n) is 8.22. The van der Waals surface area contributed by atoms with Gasteiger partial charge in [0.1, 0.15) is 0 Å². The first-order chi connectivity index (χ1) is 7.84. The Morgan fingerprint density at radius 3 is 2.88 bits per heavy atom. The first-order valence-electron chi connectivity index (χ1n) is 4.79. The molecule has 0 bridgehead atoms. The average molecular weight is 247 g/mol. The second-order valence-corrected chi connectivity index (χ2v) is 4.85. The molecule has 0 fully saturated rings. The van der Waals surface area contributed by atoms with E-state index in [9.17, 15) is 0 Å². The number of rotatable bonds is 1. The standard InChI is InChI=1S/C12H7ClN2S/c13-9-6-14-7-12-8(9)5-11(16-12)10-3-1-2-4-15-10/h1-7H. The third-order valence-corrected chi connectivity index (χ3v) is 3.71. The Balaban J connectivity index is 2.23. The molecule has 3 aromatic rings. The molecule has 0 aliphatic heterocycles. The molecule has 3 rings (SSSR count). The van der Waals surface area contributed by atoms with E-state index in [1.807, 2.05) is 24.4 Å². The van der Waals surface area contributed by atoms with Crippen molar-refractivity contribution in [1.29, 1.82) is 0 Å². The molecule has 3 aromatic heterocycles. The maximum absolute atomic E-state index is 6.08. The predicted molar refractivity (Wildman–Crippen MR) is 67.9 cm³/mol. The van der Waals surface area contributed by atoms with Crippen molar-refractivity contribution in [2.45, 2.75) is 0 Å². The summed E-state index contributed by atoms with van der Waals surface area (Å²) in [4.78, 5) is 9.51. The van der Waals surface area contributed by atoms with E-state index in [-0.39, 0.29) is 0 Å². The van der Waals surface area contributed by atoms with Crippen LogP contribution in [0.15, 0.2) is 42.9 Å². The van der Waals surface area contributed by atoms with Crippen LogP contribution in [0.1, 0.15) is 0 Å². The number of hydrogen-bond acceptors (Lipinski definition) is 3. The lowest BCUT2D eigenvalue weighted by Crippen LogP contribution is -1.75. The molecule has 0 aliphatic rings. The smallest absolute Gasteiger partial charge is 0.0802 e. The van der Waals surface area contributed by atoms with Gasteiger partial charge >= 0.3 is 0 Å². The lowest BCUT2D eigenvalue weighted by atomic mass is 10.2. The number of pyridine rings is 2. The highest BCUT2D eigenvalue weighted by Crippen LogP contribution is 2.35. The van der Waals surface area contributed by atoms with Gasteiger partial charge in [0, 0.05) is 24.0 Å². The molecule has 0 radical (unpaired) electrons. The van der Waals surface area contributed by atoms with Gasteiger partial charge in [0.2, 0.25) is 0 Å². The fraction of sp³-hybridized carbons (Fsp3) is 0. The van der Waals surface area contributed by atoms with Crippen LogP contribution in [-0.2, 0) is 0 Å². The van der Waals surface area contributed by atoms with Gasteiger partial charge in [-0.15, -0.1) is 11.3 Å². The number of fused-ring (bicyclic) bond motifs is 1. The molecule has 2 nitrogen and oxygen atoms in total. The number of hydrogen-bond donors (Lipinski definition) is 0. The summed E-state index contributed by atoms with van der Waals surface area (Å²) in [6, 6.07) is 7.94. The Labute approximate surface area is 102 Å². The Morgan fingerprint density at radius 2 is 2.12 bits per heavy atom. The summed E-state index contributed by atoms with van der Waals surface area (Å²) in [6.45, 7) is 0. The van der Waals surface area contributed by atoms with Gasteiger partial charge in [0.15, 0.2) is 0 Å². The summed E-state index contributed by atoms with van der Waals surface area (Å²) < 4.78 is 1.09. The summed E-state index contributed by atoms with van der Waals surface area (Å²) in [6.07, 6.45) is 5.29. The highest BCUT2D eigenvalue weighted by Gasteiger charge is 2.07. The van der Waals surface area contributed by atoms with Crippen molar-refractivity contribution < 1.29 is 0 Å². The largest absolute Gasteiger partial charge is 0.262 e. The van der Waals surface area contributed by atoms with Gasteiger partial charge in [0.05, 0.1) is 20.3 Å². The SMILES string of the molecule is Clc1cncc2sc(-c3ccccn3)cc12. The zero-order chi connectivity index (χ0) is 11.0. The van der Waals surface area contributed by atoms with Crippen molar-refractivity contribution in [3.05, 3.63) is 47.9 Å². The summed E-state index contributed by atoms with van der Waals surface area (Å²) in [5, 5.41) is 1.73. The Hall–Kier alpha value is -1.45. The van der Waals surface area contributed by atoms with Crippen molar-refractivity contribution in [3.63, 3.8) is 0 Å². The van der Waals surface area contributed by atoms with Gasteiger partial charge in [-0.05, 0) is 18.2 Å². The summed E-state index contributed by atoms with van der Waals surface area (Å²) in [7, 11) is 0. The molecule has 0 saturated heterocycles. The number of nitrogens with zero attached hydrogens (tertiary/aromatic N) is 2. The lowest BCUT2D eigenvalue weighted by molar-refractivity contribution is 1.34. The van der Waals surface area contributed by atoms with E-state index in [4.69, 9.17) is 11.6 Å². The van der Waals surface area contributed by atoms with Gasteiger partial charge in [-0.25, -0.2) is 0 Å². The van der Waals surface area contributed by atoms with Crippen LogP contribution in [-0.4, -0.2) is 9.97 Å². The summed E-state index contributed by atoms with van der Waals surface area (Å²) >= 11 is 7.74. The first kappa shape index (κ1) is 9.75. The summed E-state index contributed by atoms with van der Waals surface area (Å²) in [5.41, 5.74) is 0.972. The van der Waals surface area contributed by atoms with Gasteiger partial charge < -0.3 is 0 Å². The molecule has 0 spiro atoms. The fourth-order valence-corrected chi connectivity index (χ4v) is 2.86.